The number of benzene rings is 3. The van der Waals surface area contributed by atoms with E-state index in [0.717, 1.165) is 18.2 Å². The summed E-state index contributed by atoms with van der Waals surface area (Å²) < 4.78 is 25.5. The summed E-state index contributed by atoms with van der Waals surface area (Å²) in [6.07, 6.45) is -2.55. The number of fused-ring (bicyclic) bond motifs is 1. The van der Waals surface area contributed by atoms with Crippen LogP contribution in [-0.4, -0.2) is 47.8 Å². The first-order valence-electron chi connectivity index (χ1n) is 9.44. The fraction of sp³-hybridized carbons (Fsp3) is 0.136. The van der Waals surface area contributed by atoms with Crippen LogP contribution in [0.4, 0.5) is 4.39 Å². The summed E-state index contributed by atoms with van der Waals surface area (Å²) in [7, 11) is 0. The number of hydrogen-bond donors (Lipinski definition) is 7. The zero-order valence-electron chi connectivity index (χ0n) is 16.6. The first-order chi connectivity index (χ1) is 15.6. The summed E-state index contributed by atoms with van der Waals surface area (Å²) in [6.45, 7) is 0. The molecule has 1 unspecified atom stereocenters. The van der Waals surface area contributed by atoms with Gasteiger partial charge in [0.05, 0.1) is 0 Å². The van der Waals surface area contributed by atoms with Crippen LogP contribution < -0.4 is 4.74 Å². The normalized spacial score (nSPS) is 17.1. The zero-order valence-corrected chi connectivity index (χ0v) is 16.6. The number of esters is 1. The van der Waals surface area contributed by atoms with Gasteiger partial charge in [-0.2, -0.15) is 0 Å². The summed E-state index contributed by atoms with van der Waals surface area (Å²) >= 11 is 0. The number of aromatic hydroxyl groups is 7. The highest BCUT2D eigenvalue weighted by molar-refractivity contribution is 5.91. The number of phenolic OH excluding ortho intramolecular Hbond substituents is 7. The van der Waals surface area contributed by atoms with Crippen LogP contribution in [0.1, 0.15) is 27.6 Å². The molecule has 2 atom stereocenters. The summed E-state index contributed by atoms with van der Waals surface area (Å²) in [6, 6.07) is 6.51. The van der Waals surface area contributed by atoms with Crippen molar-refractivity contribution < 1.29 is 54.4 Å². The monoisotopic (exact) mass is 460 g/mol. The minimum atomic E-state index is -1.53. The Morgan fingerprint density at radius 3 is 2.30 bits per heavy atom. The van der Waals surface area contributed by atoms with Crippen molar-refractivity contribution in [3.63, 3.8) is 0 Å². The lowest BCUT2D eigenvalue weighted by Crippen LogP contribution is -2.35. The van der Waals surface area contributed by atoms with Crippen molar-refractivity contribution in [2.75, 3.05) is 0 Å². The molecule has 172 valence electrons. The average Bonchev–Trinajstić information content (AvgIpc) is 2.76. The molecule has 3 aromatic rings. The maximum absolute atomic E-state index is 14.3. The maximum atomic E-state index is 14.3. The van der Waals surface area contributed by atoms with Crippen LogP contribution in [0.5, 0.6) is 46.0 Å². The molecule has 1 aliphatic rings. The molecule has 1 aliphatic heterocycles. The lowest BCUT2D eigenvalue weighted by Gasteiger charge is -2.34. The molecule has 7 N–H and O–H groups in total. The Morgan fingerprint density at radius 2 is 1.61 bits per heavy atom. The number of halogens is 1. The molecule has 0 fully saturated rings. The molecule has 0 amide bonds. The Balaban J connectivity index is 1.75. The van der Waals surface area contributed by atoms with Gasteiger partial charge in [-0.1, -0.05) is 6.07 Å². The molecule has 10 nitrogen and oxygen atoms in total. The van der Waals surface area contributed by atoms with Crippen LogP contribution in [0, 0.1) is 5.82 Å². The van der Waals surface area contributed by atoms with E-state index in [9.17, 15) is 44.9 Å². The largest absolute Gasteiger partial charge is 0.508 e. The third-order valence-corrected chi connectivity index (χ3v) is 5.17. The molecule has 0 aromatic heterocycles. The first kappa shape index (κ1) is 21.7. The van der Waals surface area contributed by atoms with E-state index < -0.39 is 58.3 Å². The van der Waals surface area contributed by atoms with Gasteiger partial charge in [-0.05, 0) is 12.1 Å². The molecule has 1 heterocycles. The van der Waals surface area contributed by atoms with Gasteiger partial charge in [-0.25, -0.2) is 9.18 Å². The summed E-state index contributed by atoms with van der Waals surface area (Å²) in [5, 5.41) is 68.0. The van der Waals surface area contributed by atoms with Gasteiger partial charge in [-0.15, -0.1) is 0 Å². The van der Waals surface area contributed by atoms with Gasteiger partial charge in [0.25, 0.3) is 0 Å². The van der Waals surface area contributed by atoms with Gasteiger partial charge < -0.3 is 45.2 Å². The van der Waals surface area contributed by atoms with Crippen molar-refractivity contribution in [2.45, 2.75) is 18.6 Å². The lowest BCUT2D eigenvalue weighted by molar-refractivity contribution is -0.0192. The molecule has 0 saturated heterocycles. The van der Waals surface area contributed by atoms with E-state index in [1.165, 1.54) is 12.1 Å². The predicted octanol–water partition coefficient (Wildman–Crippen LogP) is 2.67. The smallest absolute Gasteiger partial charge is 0.341 e. The van der Waals surface area contributed by atoms with E-state index in [2.05, 4.69) is 0 Å². The predicted molar refractivity (Wildman–Crippen MR) is 107 cm³/mol. The van der Waals surface area contributed by atoms with Gasteiger partial charge >= 0.3 is 5.97 Å². The minimum absolute atomic E-state index is 0.0588. The highest BCUT2D eigenvalue weighted by Crippen LogP contribution is 2.44. The molecule has 0 bridgehead atoms. The second-order valence-corrected chi connectivity index (χ2v) is 7.33. The molecular formula is C22H17FO10. The maximum Gasteiger partial charge on any atom is 0.341 e. The fourth-order valence-corrected chi connectivity index (χ4v) is 3.52. The Labute approximate surface area is 184 Å². The molecule has 3 aromatic carbocycles. The Hall–Kier alpha value is -4.54. The number of carbonyl (C=O) groups is 1. The van der Waals surface area contributed by atoms with Crippen LogP contribution in [0.25, 0.3) is 0 Å². The number of hydrogen-bond acceptors (Lipinski definition) is 10. The molecule has 0 radical (unpaired) electrons. The van der Waals surface area contributed by atoms with E-state index in [1.807, 2.05) is 0 Å². The summed E-state index contributed by atoms with van der Waals surface area (Å²) in [5.41, 5.74) is -0.481. The fourth-order valence-electron chi connectivity index (χ4n) is 3.52. The van der Waals surface area contributed by atoms with Gasteiger partial charge in [-0.3, -0.25) is 0 Å². The van der Waals surface area contributed by atoms with Gasteiger partial charge in [0.2, 0.25) is 5.75 Å². The van der Waals surface area contributed by atoms with Crippen LogP contribution in [0.2, 0.25) is 0 Å². The number of phenols is 7. The van der Waals surface area contributed by atoms with E-state index in [4.69, 9.17) is 9.47 Å². The molecule has 0 spiro atoms. The highest BCUT2D eigenvalue weighted by atomic mass is 19.1. The third-order valence-electron chi connectivity index (χ3n) is 5.17. The standard InChI is InChI=1S/C22H17FO10/c23-18-11(6-15(28)19(29)20(18)30)22(31)33-17-7-10-13(26)4-9(24)5-16(10)32-21(17)8-1-2-12(25)14(27)3-8/h1-6,17,21,24-30H,7H2/t17?,21-/m1/s1. The number of carbonyl (C=O) groups excluding carboxylic acids is 1. The van der Waals surface area contributed by atoms with E-state index in [0.29, 0.717) is 6.07 Å². The molecular weight excluding hydrogens is 443 g/mol. The molecule has 11 heteroatoms. The molecule has 0 aliphatic carbocycles. The van der Waals surface area contributed by atoms with Crippen molar-refractivity contribution >= 4 is 5.97 Å². The minimum Gasteiger partial charge on any atom is -0.508 e. The van der Waals surface area contributed by atoms with Crippen molar-refractivity contribution in [1.82, 2.24) is 0 Å². The van der Waals surface area contributed by atoms with Gasteiger partial charge in [0.1, 0.15) is 28.9 Å². The van der Waals surface area contributed by atoms with E-state index >= 15 is 0 Å². The van der Waals surface area contributed by atoms with Crippen LogP contribution >= 0.6 is 0 Å². The molecule has 4 rings (SSSR count). The van der Waals surface area contributed by atoms with E-state index in [1.54, 1.807) is 0 Å². The van der Waals surface area contributed by atoms with Gasteiger partial charge in [0, 0.05) is 35.7 Å². The number of rotatable bonds is 3. The first-order valence-corrected chi connectivity index (χ1v) is 9.44. The topological polar surface area (TPSA) is 177 Å². The summed E-state index contributed by atoms with van der Waals surface area (Å²) in [4.78, 5) is 12.7. The van der Waals surface area contributed by atoms with Gasteiger partial charge in [0.15, 0.2) is 34.9 Å². The highest BCUT2D eigenvalue weighted by Gasteiger charge is 2.37. The number of ether oxygens (including phenoxy) is 2. The van der Waals surface area contributed by atoms with E-state index in [-0.39, 0.29) is 34.8 Å². The second-order valence-electron chi connectivity index (χ2n) is 7.33. The second kappa shape index (κ2) is 7.86. The quantitative estimate of drug-likeness (QED) is 0.227. The zero-order chi connectivity index (χ0) is 24.0. The summed E-state index contributed by atoms with van der Waals surface area (Å²) in [5.74, 6) is -7.83. The van der Waals surface area contributed by atoms with Crippen molar-refractivity contribution in [3.05, 3.63) is 58.9 Å². The molecule has 33 heavy (non-hydrogen) atoms. The van der Waals surface area contributed by atoms with Crippen LogP contribution in [-0.2, 0) is 11.2 Å². The van der Waals surface area contributed by atoms with Crippen molar-refractivity contribution in [3.8, 4) is 46.0 Å². The van der Waals surface area contributed by atoms with Crippen molar-refractivity contribution in [1.29, 1.82) is 0 Å². The van der Waals surface area contributed by atoms with Crippen LogP contribution in [0.3, 0.4) is 0 Å². The SMILES string of the molecule is O=C(OC1Cc2c(O)cc(O)cc2O[C@@H]1c1ccc(O)c(O)c1)c1cc(O)c(O)c(O)c1F. The third kappa shape index (κ3) is 3.80. The molecule has 0 saturated carbocycles. The Morgan fingerprint density at radius 1 is 0.879 bits per heavy atom. The Kier molecular flexibility index (Phi) is 5.16. The van der Waals surface area contributed by atoms with Crippen LogP contribution in [0.15, 0.2) is 36.4 Å². The van der Waals surface area contributed by atoms with Crippen molar-refractivity contribution in [2.24, 2.45) is 0 Å². The average molecular weight is 460 g/mol. The lowest BCUT2D eigenvalue weighted by atomic mass is 9.93. The Bertz CT molecular complexity index is 1270.